The molecule has 0 amide bonds. The van der Waals surface area contributed by atoms with Crippen molar-refractivity contribution in [2.45, 2.75) is 0 Å². The van der Waals surface area contributed by atoms with Crippen LogP contribution < -0.4 is 0 Å². The zero-order chi connectivity index (χ0) is 8.20. The summed E-state index contributed by atoms with van der Waals surface area (Å²) in [6, 6.07) is 0. The van der Waals surface area contributed by atoms with Crippen molar-refractivity contribution in [1.82, 2.24) is 0 Å². The summed E-state index contributed by atoms with van der Waals surface area (Å²) in [6.07, 6.45) is 0.797. The van der Waals surface area contributed by atoms with E-state index in [1.165, 1.54) is 0 Å². The maximum Gasteiger partial charge on any atom is 0.331 e. The van der Waals surface area contributed by atoms with Gasteiger partial charge in [-0.05, 0) is 0 Å². The van der Waals surface area contributed by atoms with E-state index in [2.05, 4.69) is 11.3 Å². The van der Waals surface area contributed by atoms with Crippen molar-refractivity contribution in [3.05, 3.63) is 12.7 Å². The van der Waals surface area contributed by atoms with Crippen LogP contribution in [0.1, 0.15) is 0 Å². The van der Waals surface area contributed by atoms with Crippen LogP contribution in [-0.2, 0) is 19.6 Å². The summed E-state index contributed by atoms with van der Waals surface area (Å²) in [5.41, 5.74) is 0. The standard InChI is InChI=1S/C4H6O5S.Na/c1-2-4(5)9-3-10(6,7)8;/h2H,1,3H2,(H,6,7,8);. The Bertz CT molecular complexity index is 231. The number of esters is 1. The Morgan fingerprint density at radius 2 is 2.09 bits per heavy atom. The number of hydrogen-bond donors (Lipinski definition) is 1. The summed E-state index contributed by atoms with van der Waals surface area (Å²) in [7, 11) is -4.22. The van der Waals surface area contributed by atoms with Crippen molar-refractivity contribution in [2.24, 2.45) is 0 Å². The van der Waals surface area contributed by atoms with E-state index in [9.17, 15) is 13.2 Å². The van der Waals surface area contributed by atoms with E-state index in [1.54, 1.807) is 0 Å². The van der Waals surface area contributed by atoms with E-state index in [0.29, 0.717) is 0 Å². The van der Waals surface area contributed by atoms with Gasteiger partial charge in [0.25, 0.3) is 0 Å². The third-order valence-corrected chi connectivity index (χ3v) is 0.932. The molecule has 0 aliphatic carbocycles. The molecule has 0 bridgehead atoms. The van der Waals surface area contributed by atoms with Gasteiger partial charge in [0.05, 0.1) is 0 Å². The van der Waals surface area contributed by atoms with Crippen LogP contribution in [0.5, 0.6) is 0 Å². The number of hydrogen-bond acceptors (Lipinski definition) is 4. The van der Waals surface area contributed by atoms with E-state index in [4.69, 9.17) is 4.55 Å². The van der Waals surface area contributed by atoms with Gasteiger partial charge < -0.3 is 4.74 Å². The minimum Gasteiger partial charge on any atom is -0.444 e. The predicted molar refractivity (Wildman–Crippen MR) is 38.5 cm³/mol. The van der Waals surface area contributed by atoms with Crippen molar-refractivity contribution in [2.75, 3.05) is 5.94 Å². The Hall–Kier alpha value is 0.120. The van der Waals surface area contributed by atoms with Gasteiger partial charge >= 0.3 is 16.1 Å². The van der Waals surface area contributed by atoms with E-state index in [1.807, 2.05) is 0 Å². The van der Waals surface area contributed by atoms with Gasteiger partial charge in [0.2, 0.25) is 5.94 Å². The second-order valence-corrected chi connectivity index (χ2v) is 2.77. The quantitative estimate of drug-likeness (QED) is 0.271. The molecule has 7 heteroatoms. The molecule has 0 atom stereocenters. The van der Waals surface area contributed by atoms with Crippen LogP contribution in [0, 0.1) is 0 Å². The predicted octanol–water partition coefficient (Wildman–Crippen LogP) is -0.820. The van der Waals surface area contributed by atoms with Gasteiger partial charge in [-0.25, -0.2) is 4.79 Å². The first-order valence-corrected chi connectivity index (χ1v) is 3.81. The van der Waals surface area contributed by atoms with Gasteiger partial charge in [-0.1, -0.05) is 6.58 Å². The molecule has 0 unspecified atom stereocenters. The summed E-state index contributed by atoms with van der Waals surface area (Å²) < 4.78 is 31.8. The molecule has 0 saturated carbocycles. The Labute approximate surface area is 86.5 Å². The maximum absolute atomic E-state index is 10.1. The fraction of sp³-hybridized carbons (Fsp3) is 0.250. The molecule has 11 heavy (non-hydrogen) atoms. The minimum atomic E-state index is -4.22. The normalized spacial score (nSPS) is 9.55. The maximum atomic E-state index is 10.1. The Kier molecular flexibility index (Phi) is 7.13. The van der Waals surface area contributed by atoms with E-state index in [0.717, 1.165) is 6.08 Å². The Morgan fingerprint density at radius 3 is 2.36 bits per heavy atom. The largest absolute Gasteiger partial charge is 0.444 e. The first-order chi connectivity index (χ1) is 4.45. The molecule has 0 aliphatic rings. The zero-order valence-electron chi connectivity index (χ0n) is 5.98. The van der Waals surface area contributed by atoms with Crippen LogP contribution in [-0.4, -0.2) is 54.4 Å². The molecule has 0 aromatic heterocycles. The van der Waals surface area contributed by atoms with Crippen LogP contribution in [0.3, 0.4) is 0 Å². The molecule has 0 spiro atoms. The molecule has 0 fully saturated rings. The van der Waals surface area contributed by atoms with Crippen LogP contribution >= 0.6 is 0 Å². The molecule has 0 aromatic rings. The molecule has 0 heterocycles. The second-order valence-electron chi connectivity index (χ2n) is 1.37. The van der Waals surface area contributed by atoms with Crippen molar-refractivity contribution in [1.29, 1.82) is 0 Å². The average Bonchev–Trinajstić information content (AvgIpc) is 1.81. The Balaban J connectivity index is 0. The van der Waals surface area contributed by atoms with Crippen molar-refractivity contribution in [3.63, 3.8) is 0 Å². The molecule has 5 nitrogen and oxygen atoms in total. The molecule has 0 saturated heterocycles. The number of carbonyl (C=O) groups excluding carboxylic acids is 1. The molecule has 0 aliphatic heterocycles. The topological polar surface area (TPSA) is 80.7 Å². The summed E-state index contributed by atoms with van der Waals surface area (Å²) in [5.74, 6) is -1.92. The first kappa shape index (κ1) is 13.7. The van der Waals surface area contributed by atoms with Crippen molar-refractivity contribution < 1.29 is 22.5 Å². The van der Waals surface area contributed by atoms with Crippen LogP contribution in [0.2, 0.25) is 0 Å². The second kappa shape index (κ2) is 5.73. The average molecular weight is 189 g/mol. The number of carbonyl (C=O) groups is 1. The molecule has 1 radical (unpaired) electrons. The number of ether oxygens (including phenoxy) is 1. The van der Waals surface area contributed by atoms with Crippen LogP contribution in [0.15, 0.2) is 12.7 Å². The van der Waals surface area contributed by atoms with Crippen LogP contribution in [0.4, 0.5) is 0 Å². The third kappa shape index (κ3) is 10.1. The summed E-state index contributed by atoms with van der Waals surface area (Å²) in [5, 5.41) is 0. The van der Waals surface area contributed by atoms with Gasteiger partial charge in [0, 0.05) is 35.6 Å². The van der Waals surface area contributed by atoms with E-state index < -0.39 is 22.0 Å². The fourth-order valence-corrected chi connectivity index (χ4v) is 0.457. The SMILES string of the molecule is C=CC(=O)OCS(=O)(=O)O.[Na]. The summed E-state index contributed by atoms with van der Waals surface area (Å²) >= 11 is 0. The smallest absolute Gasteiger partial charge is 0.331 e. The van der Waals surface area contributed by atoms with Gasteiger partial charge in [-0.3, -0.25) is 4.55 Å². The fourth-order valence-electron chi connectivity index (χ4n) is 0.191. The van der Waals surface area contributed by atoms with Crippen molar-refractivity contribution in [3.8, 4) is 0 Å². The van der Waals surface area contributed by atoms with Crippen molar-refractivity contribution >= 4 is 45.6 Å². The molecule has 0 aromatic carbocycles. The molecule has 0 rings (SSSR count). The number of rotatable bonds is 3. The van der Waals surface area contributed by atoms with Gasteiger partial charge in [0.1, 0.15) is 0 Å². The first-order valence-electron chi connectivity index (χ1n) is 2.20. The monoisotopic (exact) mass is 189 g/mol. The molecule has 1 N–H and O–H groups in total. The summed E-state index contributed by atoms with van der Waals surface area (Å²) in [6.45, 7) is 3.01. The van der Waals surface area contributed by atoms with E-state index >= 15 is 0 Å². The minimum absolute atomic E-state index is 0. The molecular weight excluding hydrogens is 183 g/mol. The zero-order valence-corrected chi connectivity index (χ0v) is 8.80. The third-order valence-electron chi connectivity index (χ3n) is 0.517. The van der Waals surface area contributed by atoms with Gasteiger partial charge in [-0.15, -0.1) is 0 Å². The van der Waals surface area contributed by atoms with Gasteiger partial charge in [-0.2, -0.15) is 8.42 Å². The van der Waals surface area contributed by atoms with E-state index in [-0.39, 0.29) is 29.6 Å². The van der Waals surface area contributed by atoms with Crippen LogP contribution in [0.25, 0.3) is 0 Å². The Morgan fingerprint density at radius 1 is 1.64 bits per heavy atom. The molecule has 59 valence electrons. The summed E-state index contributed by atoms with van der Waals surface area (Å²) in [4.78, 5) is 10.1. The molecular formula is C4H6NaO5S. The van der Waals surface area contributed by atoms with Gasteiger partial charge in [0.15, 0.2) is 0 Å².